The first-order chi connectivity index (χ1) is 8.70. The molecule has 0 aliphatic heterocycles. The van der Waals surface area contributed by atoms with Crippen LogP contribution in [-0.4, -0.2) is 23.9 Å². The van der Waals surface area contributed by atoms with Crippen molar-refractivity contribution < 1.29 is 9.53 Å². The summed E-state index contributed by atoms with van der Waals surface area (Å²) in [4.78, 5) is 14.1. The fourth-order valence-corrected chi connectivity index (χ4v) is 1.90. The Balaban J connectivity index is 2.14. The summed E-state index contributed by atoms with van der Waals surface area (Å²) in [6.07, 6.45) is 2.84. The standard InChI is InChI=1S/C12H12BrN3O2/c1-2-18-12(17)16-15-7-8-6-14-11-4-3-9(13)5-10(8)11/h3-7,14H,2H2,1H3,(H,16,17)/b15-7+. The van der Waals surface area contributed by atoms with E-state index in [0.29, 0.717) is 6.61 Å². The lowest BCUT2D eigenvalue weighted by Gasteiger charge is -1.98. The summed E-state index contributed by atoms with van der Waals surface area (Å²) in [5, 5.41) is 4.85. The number of aromatic nitrogens is 1. The second-order valence-corrected chi connectivity index (χ2v) is 4.44. The van der Waals surface area contributed by atoms with E-state index in [0.717, 1.165) is 20.9 Å². The number of carbonyl (C=O) groups is 1. The quantitative estimate of drug-likeness (QED) is 0.676. The number of ether oxygens (including phenoxy) is 1. The zero-order valence-corrected chi connectivity index (χ0v) is 11.3. The lowest BCUT2D eigenvalue weighted by molar-refractivity contribution is 0.152. The average Bonchev–Trinajstić information content (AvgIpc) is 2.72. The molecule has 94 valence electrons. The first-order valence-electron chi connectivity index (χ1n) is 5.43. The van der Waals surface area contributed by atoms with E-state index in [9.17, 15) is 4.79 Å². The van der Waals surface area contributed by atoms with Gasteiger partial charge in [-0.05, 0) is 25.1 Å². The van der Waals surface area contributed by atoms with Crippen LogP contribution in [0.4, 0.5) is 4.79 Å². The van der Waals surface area contributed by atoms with Gasteiger partial charge in [0.25, 0.3) is 0 Å². The van der Waals surface area contributed by atoms with E-state index in [1.807, 2.05) is 24.4 Å². The van der Waals surface area contributed by atoms with Crippen molar-refractivity contribution >= 4 is 39.1 Å². The molecule has 0 fully saturated rings. The Hall–Kier alpha value is -1.82. The van der Waals surface area contributed by atoms with Crippen LogP contribution in [0.5, 0.6) is 0 Å². The number of fused-ring (bicyclic) bond motifs is 1. The van der Waals surface area contributed by atoms with Crippen LogP contribution in [0.1, 0.15) is 12.5 Å². The highest BCUT2D eigenvalue weighted by Gasteiger charge is 2.02. The van der Waals surface area contributed by atoms with Gasteiger partial charge in [0.1, 0.15) is 0 Å². The van der Waals surface area contributed by atoms with Crippen LogP contribution in [-0.2, 0) is 4.74 Å². The molecular weight excluding hydrogens is 298 g/mol. The molecule has 0 saturated carbocycles. The molecule has 0 atom stereocenters. The van der Waals surface area contributed by atoms with E-state index in [2.05, 4.69) is 36.2 Å². The minimum atomic E-state index is -0.560. The third-order valence-electron chi connectivity index (χ3n) is 2.31. The third-order valence-corrected chi connectivity index (χ3v) is 2.80. The summed E-state index contributed by atoms with van der Waals surface area (Å²) in [5.41, 5.74) is 4.19. The molecule has 0 aliphatic rings. The Morgan fingerprint density at radius 3 is 3.22 bits per heavy atom. The number of hydrazone groups is 1. The van der Waals surface area contributed by atoms with Gasteiger partial charge in [0.05, 0.1) is 12.8 Å². The van der Waals surface area contributed by atoms with Crippen molar-refractivity contribution in [2.45, 2.75) is 6.92 Å². The van der Waals surface area contributed by atoms with Gasteiger partial charge in [-0.1, -0.05) is 15.9 Å². The summed E-state index contributed by atoms with van der Waals surface area (Å²) < 4.78 is 5.68. The molecular formula is C12H12BrN3O2. The number of benzene rings is 1. The minimum Gasteiger partial charge on any atom is -0.449 e. The number of hydrogen-bond donors (Lipinski definition) is 2. The molecule has 6 heteroatoms. The molecule has 0 saturated heterocycles. The molecule has 1 aromatic carbocycles. The molecule has 2 aromatic rings. The summed E-state index contributed by atoms with van der Waals surface area (Å²) in [5.74, 6) is 0. The lowest BCUT2D eigenvalue weighted by Crippen LogP contribution is -2.18. The van der Waals surface area contributed by atoms with Crippen LogP contribution in [0.15, 0.2) is 34.0 Å². The monoisotopic (exact) mass is 309 g/mol. The van der Waals surface area contributed by atoms with E-state index in [4.69, 9.17) is 0 Å². The van der Waals surface area contributed by atoms with Crippen LogP contribution in [0, 0.1) is 0 Å². The zero-order valence-electron chi connectivity index (χ0n) is 9.74. The third kappa shape index (κ3) is 2.89. The highest BCUT2D eigenvalue weighted by Crippen LogP contribution is 2.21. The smallest absolute Gasteiger partial charge is 0.427 e. The second-order valence-electron chi connectivity index (χ2n) is 3.52. The topological polar surface area (TPSA) is 66.5 Å². The van der Waals surface area contributed by atoms with E-state index in [-0.39, 0.29) is 0 Å². The van der Waals surface area contributed by atoms with Crippen LogP contribution in [0.25, 0.3) is 10.9 Å². The van der Waals surface area contributed by atoms with Gasteiger partial charge in [-0.15, -0.1) is 0 Å². The highest BCUT2D eigenvalue weighted by molar-refractivity contribution is 9.10. The fraction of sp³-hybridized carbons (Fsp3) is 0.167. The van der Waals surface area contributed by atoms with Crippen LogP contribution in [0.3, 0.4) is 0 Å². The maximum atomic E-state index is 11.0. The molecule has 2 rings (SSSR count). The van der Waals surface area contributed by atoms with Crippen LogP contribution in [0.2, 0.25) is 0 Å². The van der Waals surface area contributed by atoms with E-state index in [1.165, 1.54) is 0 Å². The number of aromatic amines is 1. The molecule has 1 aromatic heterocycles. The average molecular weight is 310 g/mol. The number of nitrogens with one attached hydrogen (secondary N) is 2. The van der Waals surface area contributed by atoms with Crippen molar-refractivity contribution in [1.82, 2.24) is 10.4 Å². The molecule has 18 heavy (non-hydrogen) atoms. The number of halogens is 1. The fourth-order valence-electron chi connectivity index (χ4n) is 1.54. The molecule has 1 amide bonds. The molecule has 0 bridgehead atoms. The maximum absolute atomic E-state index is 11.0. The van der Waals surface area contributed by atoms with Gasteiger partial charge in [0.15, 0.2) is 0 Å². The zero-order chi connectivity index (χ0) is 13.0. The van der Waals surface area contributed by atoms with E-state index < -0.39 is 6.09 Å². The molecule has 5 nitrogen and oxygen atoms in total. The largest absolute Gasteiger partial charge is 0.449 e. The van der Waals surface area contributed by atoms with Crippen molar-refractivity contribution in [3.8, 4) is 0 Å². The molecule has 1 heterocycles. The predicted molar refractivity (Wildman–Crippen MR) is 73.8 cm³/mol. The minimum absolute atomic E-state index is 0.321. The number of H-pyrrole nitrogens is 1. The van der Waals surface area contributed by atoms with Crippen LogP contribution >= 0.6 is 15.9 Å². The Morgan fingerprint density at radius 2 is 2.44 bits per heavy atom. The maximum Gasteiger partial charge on any atom is 0.427 e. The van der Waals surface area contributed by atoms with Crippen molar-refractivity contribution in [2.24, 2.45) is 5.10 Å². The Morgan fingerprint density at radius 1 is 1.61 bits per heavy atom. The number of rotatable bonds is 3. The van der Waals surface area contributed by atoms with Gasteiger partial charge in [0.2, 0.25) is 0 Å². The van der Waals surface area contributed by atoms with E-state index in [1.54, 1.807) is 13.1 Å². The first kappa shape index (κ1) is 12.6. The van der Waals surface area contributed by atoms with Gasteiger partial charge in [0, 0.05) is 27.1 Å². The molecule has 0 radical (unpaired) electrons. The van der Waals surface area contributed by atoms with Crippen molar-refractivity contribution in [2.75, 3.05) is 6.61 Å². The van der Waals surface area contributed by atoms with Gasteiger partial charge in [-0.2, -0.15) is 5.10 Å². The summed E-state index contributed by atoms with van der Waals surface area (Å²) in [6, 6.07) is 5.91. The van der Waals surface area contributed by atoms with E-state index >= 15 is 0 Å². The van der Waals surface area contributed by atoms with Gasteiger partial charge in [-0.3, -0.25) is 0 Å². The molecule has 0 spiro atoms. The van der Waals surface area contributed by atoms with Crippen molar-refractivity contribution in [3.63, 3.8) is 0 Å². The van der Waals surface area contributed by atoms with Gasteiger partial charge >= 0.3 is 6.09 Å². The highest BCUT2D eigenvalue weighted by atomic mass is 79.9. The number of nitrogens with zero attached hydrogens (tertiary/aromatic N) is 1. The van der Waals surface area contributed by atoms with Gasteiger partial charge < -0.3 is 9.72 Å². The van der Waals surface area contributed by atoms with Crippen molar-refractivity contribution in [3.05, 3.63) is 34.4 Å². The predicted octanol–water partition coefficient (Wildman–Crippen LogP) is 3.01. The number of amides is 1. The molecule has 2 N–H and O–H groups in total. The Bertz CT molecular complexity index is 592. The van der Waals surface area contributed by atoms with Gasteiger partial charge in [-0.25, -0.2) is 10.2 Å². The summed E-state index contributed by atoms with van der Waals surface area (Å²) in [6.45, 7) is 2.06. The summed E-state index contributed by atoms with van der Waals surface area (Å²) in [7, 11) is 0. The van der Waals surface area contributed by atoms with Crippen molar-refractivity contribution in [1.29, 1.82) is 0 Å². The van der Waals surface area contributed by atoms with Crippen LogP contribution < -0.4 is 5.43 Å². The SMILES string of the molecule is CCOC(=O)N/N=C/c1c[nH]c2ccc(Br)cc12. The Labute approximate surface area is 112 Å². The lowest BCUT2D eigenvalue weighted by atomic mass is 10.2. The summed E-state index contributed by atoms with van der Waals surface area (Å²) >= 11 is 3.42. The molecule has 0 unspecified atom stereocenters. The second kappa shape index (κ2) is 5.68. The number of hydrogen-bond acceptors (Lipinski definition) is 3. The molecule has 0 aliphatic carbocycles. The number of carbonyl (C=O) groups excluding carboxylic acids is 1. The normalized spacial score (nSPS) is 11.0. The Kier molecular flexibility index (Phi) is 3.99. The first-order valence-corrected chi connectivity index (χ1v) is 6.22.